The standard InChI is InChI=1S/C22H26N4O2/c1-14-8-21(6-5-19(14)27-2)9-16-4-3-15(17-10-24-13-25-11-17)7-18(16)22(21)12-28-20(23)26-22/h3-4,7,10-11,13-14,19H,5-6,8-9,12H2,1-2H3,(H2,23,26)/t14-,19-,21-,22?/m1/s1. The largest absolute Gasteiger partial charge is 0.462 e. The minimum Gasteiger partial charge on any atom is -0.462 e. The number of aliphatic imine (C=N–C) groups is 1. The Bertz CT molecular complexity index is 931. The average molecular weight is 378 g/mol. The molecule has 1 aromatic carbocycles. The lowest BCUT2D eigenvalue weighted by atomic mass is 9.59. The molecule has 1 aromatic heterocycles. The summed E-state index contributed by atoms with van der Waals surface area (Å²) < 4.78 is 11.5. The van der Waals surface area contributed by atoms with Crippen molar-refractivity contribution >= 4 is 6.02 Å². The van der Waals surface area contributed by atoms with E-state index in [1.54, 1.807) is 6.33 Å². The molecule has 0 bridgehead atoms. The Morgan fingerprint density at radius 1 is 1.21 bits per heavy atom. The lowest BCUT2D eigenvalue weighted by Crippen LogP contribution is -2.48. The maximum Gasteiger partial charge on any atom is 0.283 e. The third kappa shape index (κ3) is 2.40. The van der Waals surface area contributed by atoms with Gasteiger partial charge in [-0.2, -0.15) is 0 Å². The number of aromatic nitrogens is 2. The maximum absolute atomic E-state index is 6.06. The van der Waals surface area contributed by atoms with Gasteiger partial charge in [-0.3, -0.25) is 0 Å². The van der Waals surface area contributed by atoms with Gasteiger partial charge in [-0.15, -0.1) is 0 Å². The van der Waals surface area contributed by atoms with Crippen LogP contribution in [0.25, 0.3) is 11.1 Å². The molecule has 0 amide bonds. The SMILES string of the molecule is CO[C@@H]1CC[C@]2(Cc3ccc(-c4cncnc4)cc3C23COC(N)=N3)C[C@H]1C. The van der Waals surface area contributed by atoms with Crippen LogP contribution < -0.4 is 5.73 Å². The van der Waals surface area contributed by atoms with Crippen molar-refractivity contribution < 1.29 is 9.47 Å². The Morgan fingerprint density at radius 3 is 2.71 bits per heavy atom. The van der Waals surface area contributed by atoms with Gasteiger partial charge in [-0.1, -0.05) is 19.1 Å². The Labute approximate surface area is 165 Å². The quantitative estimate of drug-likeness (QED) is 0.868. The van der Waals surface area contributed by atoms with Crippen molar-refractivity contribution in [1.29, 1.82) is 0 Å². The van der Waals surface area contributed by atoms with Crippen LogP contribution in [0.15, 0.2) is 41.9 Å². The van der Waals surface area contributed by atoms with Gasteiger partial charge in [0.2, 0.25) is 0 Å². The zero-order valence-corrected chi connectivity index (χ0v) is 16.4. The van der Waals surface area contributed by atoms with Crippen molar-refractivity contribution in [3.63, 3.8) is 0 Å². The van der Waals surface area contributed by atoms with Crippen LogP contribution in [0.3, 0.4) is 0 Å². The second-order valence-electron chi connectivity index (χ2n) is 8.55. The smallest absolute Gasteiger partial charge is 0.283 e. The normalized spacial score (nSPS) is 33.7. The molecule has 5 rings (SSSR count). The highest BCUT2D eigenvalue weighted by Crippen LogP contribution is 2.62. The molecule has 1 saturated carbocycles. The zero-order chi connectivity index (χ0) is 19.4. The van der Waals surface area contributed by atoms with E-state index in [1.807, 2.05) is 19.5 Å². The van der Waals surface area contributed by atoms with E-state index in [0.29, 0.717) is 24.7 Å². The number of nitrogens with zero attached hydrogens (tertiary/aromatic N) is 3. The number of ether oxygens (including phenoxy) is 2. The summed E-state index contributed by atoms with van der Waals surface area (Å²) in [6.07, 6.45) is 9.74. The molecule has 3 aliphatic rings. The van der Waals surface area contributed by atoms with Gasteiger partial charge in [-0.25, -0.2) is 15.0 Å². The summed E-state index contributed by atoms with van der Waals surface area (Å²) in [6, 6.07) is 6.96. The molecular weight excluding hydrogens is 352 g/mol. The van der Waals surface area contributed by atoms with Crippen LogP contribution >= 0.6 is 0 Å². The van der Waals surface area contributed by atoms with Crippen LogP contribution in [0.4, 0.5) is 0 Å². The fraction of sp³-hybridized carbons (Fsp3) is 0.500. The molecular formula is C22H26N4O2. The van der Waals surface area contributed by atoms with Crippen molar-refractivity contribution in [2.24, 2.45) is 22.1 Å². The third-order valence-electron chi connectivity index (χ3n) is 7.14. The third-order valence-corrected chi connectivity index (χ3v) is 7.14. The fourth-order valence-electron chi connectivity index (χ4n) is 5.82. The summed E-state index contributed by atoms with van der Waals surface area (Å²) in [5, 5.41) is 0. The van der Waals surface area contributed by atoms with Crippen LogP contribution in [0.2, 0.25) is 0 Å². The Kier molecular flexibility index (Phi) is 3.95. The van der Waals surface area contributed by atoms with Crippen molar-refractivity contribution in [1.82, 2.24) is 9.97 Å². The van der Waals surface area contributed by atoms with Crippen molar-refractivity contribution in [3.05, 3.63) is 48.0 Å². The van der Waals surface area contributed by atoms with E-state index >= 15 is 0 Å². The first kappa shape index (κ1) is 17.6. The fourth-order valence-corrected chi connectivity index (χ4v) is 5.82. The second kappa shape index (κ2) is 6.27. The summed E-state index contributed by atoms with van der Waals surface area (Å²) in [5.74, 6) is 0.476. The summed E-state index contributed by atoms with van der Waals surface area (Å²) in [5.41, 5.74) is 10.4. The van der Waals surface area contributed by atoms with Crippen LogP contribution in [0.1, 0.15) is 37.3 Å². The summed E-state index contributed by atoms with van der Waals surface area (Å²) in [7, 11) is 1.82. The molecule has 28 heavy (non-hydrogen) atoms. The Balaban J connectivity index is 1.62. The van der Waals surface area contributed by atoms with E-state index < -0.39 is 5.54 Å². The van der Waals surface area contributed by atoms with Crippen molar-refractivity contribution in [2.75, 3.05) is 13.7 Å². The molecule has 0 radical (unpaired) electrons. The van der Waals surface area contributed by atoms with E-state index in [4.69, 9.17) is 20.2 Å². The van der Waals surface area contributed by atoms with Crippen LogP contribution in [0, 0.1) is 11.3 Å². The number of benzene rings is 1. The average Bonchev–Trinajstić information content (AvgIpc) is 3.22. The van der Waals surface area contributed by atoms with Crippen LogP contribution in [0.5, 0.6) is 0 Å². The number of amidine groups is 1. The van der Waals surface area contributed by atoms with Gasteiger partial charge in [0.1, 0.15) is 18.5 Å². The summed E-state index contributed by atoms with van der Waals surface area (Å²) >= 11 is 0. The molecule has 2 heterocycles. The number of nitrogens with two attached hydrogens (primary N) is 1. The number of methoxy groups -OCH3 is 1. The zero-order valence-electron chi connectivity index (χ0n) is 16.4. The highest BCUT2D eigenvalue weighted by Gasteiger charge is 2.62. The molecule has 2 aromatic rings. The number of fused-ring (bicyclic) bond motifs is 3. The van der Waals surface area contributed by atoms with Crippen molar-refractivity contribution in [3.8, 4) is 11.1 Å². The maximum atomic E-state index is 6.06. The second-order valence-corrected chi connectivity index (χ2v) is 8.55. The highest BCUT2D eigenvalue weighted by atomic mass is 16.5. The van der Waals surface area contributed by atoms with E-state index in [2.05, 4.69) is 35.1 Å². The van der Waals surface area contributed by atoms with E-state index in [1.165, 1.54) is 11.1 Å². The molecule has 0 saturated heterocycles. The predicted molar refractivity (Wildman–Crippen MR) is 107 cm³/mol. The van der Waals surface area contributed by atoms with Crippen molar-refractivity contribution in [2.45, 2.75) is 44.2 Å². The first-order chi connectivity index (χ1) is 13.6. The Hall–Kier alpha value is -2.47. The molecule has 146 valence electrons. The molecule has 6 heteroatoms. The molecule has 1 fully saturated rings. The van der Waals surface area contributed by atoms with Crippen LogP contribution in [-0.2, 0) is 21.4 Å². The van der Waals surface area contributed by atoms with Gasteiger partial charge in [-0.05, 0) is 54.4 Å². The minimum absolute atomic E-state index is 0.0245. The first-order valence-corrected chi connectivity index (χ1v) is 9.97. The predicted octanol–water partition coefficient (Wildman–Crippen LogP) is 3.06. The lowest BCUT2D eigenvalue weighted by molar-refractivity contribution is -0.0445. The van der Waals surface area contributed by atoms with Gasteiger partial charge in [0.25, 0.3) is 6.02 Å². The van der Waals surface area contributed by atoms with Gasteiger partial charge in [0.15, 0.2) is 0 Å². The van der Waals surface area contributed by atoms with Gasteiger partial charge < -0.3 is 15.2 Å². The van der Waals surface area contributed by atoms with Gasteiger partial charge in [0.05, 0.1) is 6.10 Å². The van der Waals surface area contributed by atoms with Gasteiger partial charge >= 0.3 is 0 Å². The molecule has 2 aliphatic carbocycles. The summed E-state index contributed by atoms with van der Waals surface area (Å²) in [6.45, 7) is 2.81. The molecule has 2 N–H and O–H groups in total. The monoisotopic (exact) mass is 378 g/mol. The number of hydrogen-bond donors (Lipinski definition) is 1. The Morgan fingerprint density at radius 2 is 2.04 bits per heavy atom. The molecule has 1 unspecified atom stereocenters. The lowest BCUT2D eigenvalue weighted by Gasteiger charge is -2.47. The molecule has 2 spiro atoms. The number of hydrogen-bond acceptors (Lipinski definition) is 6. The van der Waals surface area contributed by atoms with E-state index in [0.717, 1.165) is 36.8 Å². The summed E-state index contributed by atoms with van der Waals surface area (Å²) in [4.78, 5) is 13.3. The topological polar surface area (TPSA) is 82.6 Å². The molecule has 1 aliphatic heterocycles. The van der Waals surface area contributed by atoms with E-state index in [-0.39, 0.29) is 5.41 Å². The number of rotatable bonds is 2. The molecule has 6 nitrogen and oxygen atoms in total. The minimum atomic E-state index is -0.412. The first-order valence-electron chi connectivity index (χ1n) is 9.97. The van der Waals surface area contributed by atoms with E-state index in [9.17, 15) is 0 Å². The van der Waals surface area contributed by atoms with Gasteiger partial charge in [0, 0.05) is 30.5 Å². The van der Waals surface area contributed by atoms with Crippen LogP contribution in [-0.4, -0.2) is 35.8 Å². The molecule has 4 atom stereocenters. The highest BCUT2D eigenvalue weighted by molar-refractivity contribution is 5.75.